The fourth-order valence-electron chi connectivity index (χ4n) is 1.86. The predicted molar refractivity (Wildman–Crippen MR) is 69.6 cm³/mol. The lowest BCUT2D eigenvalue weighted by Gasteiger charge is -2.23. The Balaban J connectivity index is 1.89. The normalized spacial score (nSPS) is 21.6. The lowest BCUT2D eigenvalue weighted by atomic mass is 10.2. The molecule has 3 heteroatoms. The molecule has 2 atom stereocenters. The molecular formula is C15H17NO2. The molecule has 18 heavy (non-hydrogen) atoms. The highest BCUT2D eigenvalue weighted by Gasteiger charge is 2.17. The van der Waals surface area contributed by atoms with Crippen molar-refractivity contribution in [2.75, 3.05) is 6.61 Å². The molecule has 3 nitrogen and oxygen atoms in total. The van der Waals surface area contributed by atoms with E-state index in [1.54, 1.807) is 6.08 Å². The number of benzene rings is 1. The molecule has 1 aromatic carbocycles. The third kappa shape index (κ3) is 3.99. The van der Waals surface area contributed by atoms with Gasteiger partial charge in [-0.2, -0.15) is 5.26 Å². The molecule has 0 bridgehead atoms. The molecular weight excluding hydrogens is 226 g/mol. The Morgan fingerprint density at radius 1 is 1.33 bits per heavy atom. The van der Waals surface area contributed by atoms with Crippen molar-refractivity contribution < 1.29 is 9.47 Å². The number of nitrogens with zero attached hydrogens (tertiary/aromatic N) is 1. The van der Waals surface area contributed by atoms with Gasteiger partial charge in [0, 0.05) is 6.61 Å². The van der Waals surface area contributed by atoms with Crippen LogP contribution in [-0.4, -0.2) is 19.0 Å². The third-order valence-electron chi connectivity index (χ3n) is 2.83. The van der Waals surface area contributed by atoms with Crippen LogP contribution in [-0.2, 0) is 9.47 Å². The van der Waals surface area contributed by atoms with Crippen molar-refractivity contribution in [2.45, 2.75) is 31.7 Å². The summed E-state index contributed by atoms with van der Waals surface area (Å²) in [5, 5.41) is 9.05. The average Bonchev–Trinajstić information content (AvgIpc) is 2.45. The van der Waals surface area contributed by atoms with E-state index in [0.717, 1.165) is 31.4 Å². The highest BCUT2D eigenvalue weighted by molar-refractivity contribution is 5.49. The minimum atomic E-state index is -0.548. The van der Waals surface area contributed by atoms with Crippen molar-refractivity contribution in [3.8, 4) is 6.07 Å². The molecule has 0 aromatic heterocycles. The van der Waals surface area contributed by atoms with Gasteiger partial charge in [-0.05, 0) is 30.9 Å². The lowest BCUT2D eigenvalue weighted by molar-refractivity contribution is -0.168. The maximum absolute atomic E-state index is 9.05. The Morgan fingerprint density at radius 3 is 2.83 bits per heavy atom. The molecule has 1 fully saturated rings. The maximum atomic E-state index is 9.05. The minimum Gasteiger partial charge on any atom is -0.353 e. The van der Waals surface area contributed by atoms with Gasteiger partial charge in [0.05, 0.1) is 6.07 Å². The van der Waals surface area contributed by atoms with Gasteiger partial charge >= 0.3 is 0 Å². The van der Waals surface area contributed by atoms with Crippen LogP contribution in [0.5, 0.6) is 0 Å². The van der Waals surface area contributed by atoms with Crippen LogP contribution in [0.25, 0.3) is 6.08 Å². The fraction of sp³-hybridized carbons (Fsp3) is 0.400. The Kier molecular flexibility index (Phi) is 4.95. The molecule has 1 heterocycles. The standard InChI is InChI=1S/C15H17NO2/c16-12-14(18-15-8-4-5-11-17-15)10-9-13-6-2-1-3-7-13/h1-3,6-7,9-10,14-15H,4-5,8,11H2/b10-9+. The number of hydrogen-bond acceptors (Lipinski definition) is 3. The summed E-state index contributed by atoms with van der Waals surface area (Å²) >= 11 is 0. The van der Waals surface area contributed by atoms with Gasteiger partial charge in [0.2, 0.25) is 0 Å². The Bertz CT molecular complexity index is 416. The molecule has 0 radical (unpaired) electrons. The van der Waals surface area contributed by atoms with Crippen LogP contribution < -0.4 is 0 Å². The van der Waals surface area contributed by atoms with Gasteiger partial charge < -0.3 is 9.47 Å². The van der Waals surface area contributed by atoms with E-state index in [1.165, 1.54) is 0 Å². The second kappa shape index (κ2) is 6.95. The van der Waals surface area contributed by atoms with E-state index in [1.807, 2.05) is 36.4 Å². The summed E-state index contributed by atoms with van der Waals surface area (Å²) < 4.78 is 11.0. The van der Waals surface area contributed by atoms with E-state index in [-0.39, 0.29) is 6.29 Å². The van der Waals surface area contributed by atoms with Crippen molar-refractivity contribution in [1.82, 2.24) is 0 Å². The lowest BCUT2D eigenvalue weighted by Crippen LogP contribution is -2.26. The van der Waals surface area contributed by atoms with Crippen LogP contribution >= 0.6 is 0 Å². The zero-order chi connectivity index (χ0) is 12.6. The zero-order valence-electron chi connectivity index (χ0n) is 10.3. The monoisotopic (exact) mass is 243 g/mol. The molecule has 0 amide bonds. The molecule has 0 aliphatic carbocycles. The van der Waals surface area contributed by atoms with Gasteiger partial charge in [0.25, 0.3) is 0 Å². The molecule has 94 valence electrons. The topological polar surface area (TPSA) is 42.2 Å². The zero-order valence-corrected chi connectivity index (χ0v) is 10.3. The predicted octanol–water partition coefficient (Wildman–Crippen LogP) is 3.14. The first-order chi connectivity index (χ1) is 8.88. The molecule has 1 saturated heterocycles. The maximum Gasteiger partial charge on any atom is 0.165 e. The third-order valence-corrected chi connectivity index (χ3v) is 2.83. The second-order valence-electron chi connectivity index (χ2n) is 4.25. The first kappa shape index (κ1) is 12.8. The van der Waals surface area contributed by atoms with Crippen LogP contribution in [0.3, 0.4) is 0 Å². The molecule has 2 unspecified atom stereocenters. The summed E-state index contributed by atoms with van der Waals surface area (Å²) in [6.45, 7) is 0.727. The first-order valence-corrected chi connectivity index (χ1v) is 6.28. The molecule has 0 spiro atoms. The average molecular weight is 243 g/mol. The highest BCUT2D eigenvalue weighted by atomic mass is 16.7. The van der Waals surface area contributed by atoms with E-state index >= 15 is 0 Å². The fourth-order valence-corrected chi connectivity index (χ4v) is 1.86. The van der Waals surface area contributed by atoms with Crippen LogP contribution in [0.4, 0.5) is 0 Å². The molecule has 1 aliphatic heterocycles. The Morgan fingerprint density at radius 2 is 2.17 bits per heavy atom. The minimum absolute atomic E-state index is 0.233. The Labute approximate surface area is 108 Å². The second-order valence-corrected chi connectivity index (χ2v) is 4.25. The van der Waals surface area contributed by atoms with E-state index < -0.39 is 6.10 Å². The molecule has 1 aliphatic rings. The van der Waals surface area contributed by atoms with E-state index in [2.05, 4.69) is 6.07 Å². The summed E-state index contributed by atoms with van der Waals surface area (Å²) in [6.07, 6.45) is 5.95. The molecule has 0 saturated carbocycles. The van der Waals surface area contributed by atoms with E-state index in [0.29, 0.717) is 0 Å². The van der Waals surface area contributed by atoms with Crippen LogP contribution in [0.2, 0.25) is 0 Å². The van der Waals surface area contributed by atoms with Gasteiger partial charge in [-0.25, -0.2) is 0 Å². The quantitative estimate of drug-likeness (QED) is 0.815. The van der Waals surface area contributed by atoms with E-state index in [9.17, 15) is 0 Å². The summed E-state index contributed by atoms with van der Waals surface area (Å²) in [5.74, 6) is 0. The summed E-state index contributed by atoms with van der Waals surface area (Å²) in [7, 11) is 0. The van der Waals surface area contributed by atoms with Crippen molar-refractivity contribution in [1.29, 1.82) is 5.26 Å². The number of ether oxygens (including phenoxy) is 2. The van der Waals surface area contributed by atoms with Gasteiger partial charge in [0.15, 0.2) is 12.4 Å². The number of hydrogen-bond donors (Lipinski definition) is 0. The smallest absolute Gasteiger partial charge is 0.165 e. The van der Waals surface area contributed by atoms with Crippen LogP contribution in [0, 0.1) is 11.3 Å². The summed E-state index contributed by atoms with van der Waals surface area (Å²) in [5.41, 5.74) is 1.06. The summed E-state index contributed by atoms with van der Waals surface area (Å²) in [4.78, 5) is 0. The van der Waals surface area contributed by atoms with Crippen molar-refractivity contribution in [2.24, 2.45) is 0 Å². The van der Waals surface area contributed by atoms with Gasteiger partial charge in [-0.3, -0.25) is 0 Å². The van der Waals surface area contributed by atoms with Crippen molar-refractivity contribution in [3.05, 3.63) is 42.0 Å². The van der Waals surface area contributed by atoms with Crippen molar-refractivity contribution in [3.63, 3.8) is 0 Å². The molecule has 0 N–H and O–H groups in total. The van der Waals surface area contributed by atoms with Crippen molar-refractivity contribution >= 4 is 6.08 Å². The van der Waals surface area contributed by atoms with Gasteiger partial charge in [0.1, 0.15) is 0 Å². The van der Waals surface area contributed by atoms with Crippen LogP contribution in [0.1, 0.15) is 24.8 Å². The van der Waals surface area contributed by atoms with Gasteiger partial charge in [-0.1, -0.05) is 36.4 Å². The molecule has 2 rings (SSSR count). The van der Waals surface area contributed by atoms with Crippen LogP contribution in [0.15, 0.2) is 36.4 Å². The first-order valence-electron chi connectivity index (χ1n) is 6.28. The van der Waals surface area contributed by atoms with Gasteiger partial charge in [-0.15, -0.1) is 0 Å². The highest BCUT2D eigenvalue weighted by Crippen LogP contribution is 2.16. The van der Waals surface area contributed by atoms with E-state index in [4.69, 9.17) is 14.7 Å². The summed E-state index contributed by atoms with van der Waals surface area (Å²) in [6, 6.07) is 12.0. The number of nitriles is 1. The Hall–Kier alpha value is -1.63. The number of rotatable bonds is 4. The molecule has 1 aromatic rings. The SMILES string of the molecule is N#CC(/C=C/c1ccccc1)OC1CCCCO1. The largest absolute Gasteiger partial charge is 0.353 e.